The van der Waals surface area contributed by atoms with E-state index in [0.717, 1.165) is 72.1 Å². The largest absolute Gasteiger partial charge is 0.456 e. The molecular formula is C45H28N2O2. The molecule has 0 saturated heterocycles. The number of furan rings is 2. The van der Waals surface area contributed by atoms with Crippen LogP contribution in [0.2, 0.25) is 0 Å². The predicted molar refractivity (Wildman–Crippen MR) is 202 cm³/mol. The van der Waals surface area contributed by atoms with E-state index in [4.69, 9.17) is 8.83 Å². The van der Waals surface area contributed by atoms with Crippen molar-refractivity contribution in [2.45, 2.75) is 0 Å². The molecule has 0 aliphatic rings. The lowest BCUT2D eigenvalue weighted by molar-refractivity contribution is 0.667. The number of fused-ring (bicyclic) bond motifs is 8. The van der Waals surface area contributed by atoms with Gasteiger partial charge in [-0.2, -0.15) is 0 Å². The van der Waals surface area contributed by atoms with Crippen molar-refractivity contribution in [3.05, 3.63) is 170 Å². The summed E-state index contributed by atoms with van der Waals surface area (Å²) in [6.07, 6.45) is 3.62. The van der Waals surface area contributed by atoms with Crippen molar-refractivity contribution in [2.75, 3.05) is 4.90 Å². The van der Waals surface area contributed by atoms with E-state index in [2.05, 4.69) is 149 Å². The van der Waals surface area contributed by atoms with Crippen molar-refractivity contribution in [2.24, 2.45) is 0 Å². The van der Waals surface area contributed by atoms with E-state index in [1.165, 1.54) is 21.9 Å². The molecule has 0 N–H and O–H groups in total. The number of anilines is 3. The summed E-state index contributed by atoms with van der Waals surface area (Å²) < 4.78 is 12.3. The van der Waals surface area contributed by atoms with Crippen LogP contribution < -0.4 is 4.90 Å². The van der Waals surface area contributed by atoms with Crippen LogP contribution in [-0.4, -0.2) is 4.98 Å². The minimum Gasteiger partial charge on any atom is -0.456 e. The normalized spacial score (nSPS) is 11.7. The third kappa shape index (κ3) is 4.57. The molecule has 0 radical (unpaired) electrons. The molecule has 0 bridgehead atoms. The Morgan fingerprint density at radius 1 is 0.388 bits per heavy atom. The van der Waals surface area contributed by atoms with E-state index in [0.29, 0.717) is 0 Å². The lowest BCUT2D eigenvalue weighted by atomic mass is 9.98. The maximum atomic E-state index is 6.19. The van der Waals surface area contributed by atoms with Gasteiger partial charge in [0.1, 0.15) is 16.7 Å². The van der Waals surface area contributed by atoms with Crippen LogP contribution in [-0.2, 0) is 0 Å². The summed E-state index contributed by atoms with van der Waals surface area (Å²) in [5, 5.41) is 6.76. The molecule has 7 aromatic carbocycles. The van der Waals surface area contributed by atoms with Crippen LogP contribution in [0, 0.1) is 0 Å². The Morgan fingerprint density at radius 2 is 1.06 bits per heavy atom. The molecule has 3 aromatic heterocycles. The first-order valence-electron chi connectivity index (χ1n) is 16.4. The molecule has 0 fully saturated rings. The first-order chi connectivity index (χ1) is 24.3. The minimum absolute atomic E-state index is 0.804. The first-order valence-corrected chi connectivity index (χ1v) is 16.4. The molecule has 10 rings (SSSR count). The Morgan fingerprint density at radius 3 is 1.98 bits per heavy atom. The smallest absolute Gasteiger partial charge is 0.153 e. The zero-order valence-corrected chi connectivity index (χ0v) is 26.4. The molecule has 4 heteroatoms. The molecule has 4 nitrogen and oxygen atoms in total. The van der Waals surface area contributed by atoms with Gasteiger partial charge in [0.15, 0.2) is 5.58 Å². The van der Waals surface area contributed by atoms with Gasteiger partial charge in [0, 0.05) is 44.8 Å². The lowest BCUT2D eigenvalue weighted by Crippen LogP contribution is -2.10. The Kier molecular flexibility index (Phi) is 6.15. The Bertz CT molecular complexity index is 2830. The summed E-state index contributed by atoms with van der Waals surface area (Å²) in [5.41, 5.74) is 11.3. The summed E-state index contributed by atoms with van der Waals surface area (Å²) in [6.45, 7) is 0. The van der Waals surface area contributed by atoms with Crippen molar-refractivity contribution >= 4 is 71.7 Å². The van der Waals surface area contributed by atoms with Gasteiger partial charge in [0.2, 0.25) is 0 Å². The fourth-order valence-corrected chi connectivity index (χ4v) is 7.19. The molecule has 10 aromatic rings. The van der Waals surface area contributed by atoms with Crippen LogP contribution in [0.15, 0.2) is 179 Å². The van der Waals surface area contributed by atoms with Gasteiger partial charge < -0.3 is 13.7 Å². The number of nitrogens with zero attached hydrogens (tertiary/aromatic N) is 2. The van der Waals surface area contributed by atoms with Crippen molar-refractivity contribution in [3.63, 3.8) is 0 Å². The molecule has 0 unspecified atom stereocenters. The highest BCUT2D eigenvalue weighted by molar-refractivity contribution is 6.19. The lowest BCUT2D eigenvalue weighted by Gasteiger charge is -2.26. The van der Waals surface area contributed by atoms with Crippen LogP contribution >= 0.6 is 0 Å². The van der Waals surface area contributed by atoms with E-state index in [9.17, 15) is 0 Å². The number of aromatic nitrogens is 1. The topological polar surface area (TPSA) is 42.4 Å². The predicted octanol–water partition coefficient (Wildman–Crippen LogP) is 12.8. The van der Waals surface area contributed by atoms with Crippen molar-refractivity contribution in [3.8, 4) is 22.3 Å². The van der Waals surface area contributed by atoms with Crippen LogP contribution in [0.3, 0.4) is 0 Å². The van der Waals surface area contributed by atoms with Gasteiger partial charge in [0.25, 0.3) is 0 Å². The highest BCUT2D eigenvalue weighted by atomic mass is 16.3. The molecule has 0 aliphatic heterocycles. The average Bonchev–Trinajstić information content (AvgIpc) is 3.74. The van der Waals surface area contributed by atoms with Crippen LogP contribution in [0.4, 0.5) is 17.1 Å². The van der Waals surface area contributed by atoms with Crippen LogP contribution in [0.25, 0.3) is 76.9 Å². The number of rotatable bonds is 5. The fraction of sp³-hybridized carbons (Fsp3) is 0. The maximum absolute atomic E-state index is 6.19. The molecule has 0 aliphatic carbocycles. The average molecular weight is 629 g/mol. The quantitative estimate of drug-likeness (QED) is 0.190. The number of pyridine rings is 1. The second kappa shape index (κ2) is 11.0. The summed E-state index contributed by atoms with van der Waals surface area (Å²) in [4.78, 5) is 6.59. The Labute approximate surface area is 282 Å². The van der Waals surface area contributed by atoms with E-state index in [1.54, 1.807) is 6.20 Å². The summed E-state index contributed by atoms with van der Waals surface area (Å²) in [6, 6.07) is 55.7. The molecule has 0 saturated carbocycles. The molecular weight excluding hydrogens is 601 g/mol. The van der Waals surface area contributed by atoms with Crippen LogP contribution in [0.1, 0.15) is 0 Å². The molecule has 3 heterocycles. The van der Waals surface area contributed by atoms with E-state index in [-0.39, 0.29) is 0 Å². The number of para-hydroxylation sites is 1. The summed E-state index contributed by atoms with van der Waals surface area (Å²) >= 11 is 0. The monoisotopic (exact) mass is 628 g/mol. The van der Waals surface area contributed by atoms with Crippen molar-refractivity contribution < 1.29 is 8.83 Å². The SMILES string of the molecule is c1ccc(-c2cccc(N(c3ccc(-c4ccc5ccc6oc7cnccc7c6c5c4)cc3)c3ccc4oc5ccccc5c4c3)c2)cc1. The first kappa shape index (κ1) is 27.5. The van der Waals surface area contributed by atoms with Crippen molar-refractivity contribution in [1.29, 1.82) is 0 Å². The molecule has 0 atom stereocenters. The standard InChI is InChI=1S/C45H28N2O2/c1-2-7-29(8-3-1)32-9-6-10-35(25-32)47(36-20-22-42-40(27-36)37-11-4-5-12-41(37)48-42)34-18-15-30(16-19-34)33-14-13-31-17-21-43-45(39(31)26-33)38-23-24-46-28-44(38)49-43/h1-28H. The minimum atomic E-state index is 0.804. The third-order valence-electron chi connectivity index (χ3n) is 9.55. The highest BCUT2D eigenvalue weighted by Gasteiger charge is 2.17. The molecule has 230 valence electrons. The van der Waals surface area contributed by atoms with Gasteiger partial charge in [-0.05, 0) is 99.8 Å². The molecule has 0 spiro atoms. The van der Waals surface area contributed by atoms with Gasteiger partial charge in [-0.1, -0.05) is 91.0 Å². The number of benzene rings is 7. The summed E-state index contributed by atoms with van der Waals surface area (Å²) in [7, 11) is 0. The third-order valence-corrected chi connectivity index (χ3v) is 9.55. The number of hydrogen-bond donors (Lipinski definition) is 0. The van der Waals surface area contributed by atoms with Gasteiger partial charge in [-0.15, -0.1) is 0 Å². The molecule has 49 heavy (non-hydrogen) atoms. The second-order valence-corrected chi connectivity index (χ2v) is 12.4. The van der Waals surface area contributed by atoms with E-state index in [1.807, 2.05) is 24.4 Å². The van der Waals surface area contributed by atoms with Gasteiger partial charge >= 0.3 is 0 Å². The summed E-state index contributed by atoms with van der Waals surface area (Å²) in [5.74, 6) is 0. The van der Waals surface area contributed by atoms with Crippen molar-refractivity contribution in [1.82, 2.24) is 4.98 Å². The number of hydrogen-bond acceptors (Lipinski definition) is 4. The zero-order chi connectivity index (χ0) is 32.3. The maximum Gasteiger partial charge on any atom is 0.153 e. The Hall–Kier alpha value is -6.65. The zero-order valence-electron chi connectivity index (χ0n) is 26.4. The van der Waals surface area contributed by atoms with E-state index < -0.39 is 0 Å². The van der Waals surface area contributed by atoms with Crippen LogP contribution in [0.5, 0.6) is 0 Å². The fourth-order valence-electron chi connectivity index (χ4n) is 7.19. The second-order valence-electron chi connectivity index (χ2n) is 12.4. The Balaban J connectivity index is 1.11. The van der Waals surface area contributed by atoms with Gasteiger partial charge in [-0.3, -0.25) is 4.98 Å². The van der Waals surface area contributed by atoms with Gasteiger partial charge in [-0.25, -0.2) is 0 Å². The highest BCUT2D eigenvalue weighted by Crippen LogP contribution is 2.41. The molecule has 0 amide bonds. The van der Waals surface area contributed by atoms with Gasteiger partial charge in [0.05, 0.1) is 6.20 Å². The van der Waals surface area contributed by atoms with E-state index >= 15 is 0 Å².